The largest absolute Gasteiger partial charge is 0.333 e. The van der Waals surface area contributed by atoms with Gasteiger partial charge >= 0.3 is 0 Å². The third-order valence-electron chi connectivity index (χ3n) is 3.00. The number of para-hydroxylation sites is 2. The molecule has 102 valence electrons. The lowest BCUT2D eigenvalue weighted by molar-refractivity contribution is 0.964. The van der Waals surface area contributed by atoms with Crippen LogP contribution in [0.15, 0.2) is 57.0 Å². The highest BCUT2D eigenvalue weighted by atomic mass is 79.9. The number of fused-ring (bicyclic) bond motifs is 1. The molecule has 1 aromatic heterocycles. The zero-order valence-corrected chi connectivity index (χ0v) is 13.2. The van der Waals surface area contributed by atoms with Gasteiger partial charge in [0.2, 0.25) is 0 Å². The van der Waals surface area contributed by atoms with Gasteiger partial charge in [0.05, 0.1) is 11.0 Å². The van der Waals surface area contributed by atoms with Gasteiger partial charge in [-0.1, -0.05) is 30.0 Å². The van der Waals surface area contributed by atoms with Crippen molar-refractivity contribution in [3.05, 3.63) is 52.5 Å². The molecule has 0 atom stereocenters. The Morgan fingerprint density at radius 2 is 2.05 bits per heavy atom. The first kappa shape index (κ1) is 13.7. The van der Waals surface area contributed by atoms with E-state index in [1.807, 2.05) is 24.3 Å². The van der Waals surface area contributed by atoms with Crippen molar-refractivity contribution in [1.82, 2.24) is 9.97 Å². The maximum absolute atomic E-state index is 5.58. The summed E-state index contributed by atoms with van der Waals surface area (Å²) in [6, 6.07) is 14.4. The smallest absolute Gasteiger partial charge is 0.171 e. The first-order chi connectivity index (χ1) is 9.76. The van der Waals surface area contributed by atoms with Crippen LogP contribution in [0, 0.1) is 0 Å². The molecular weight excluding hydrogens is 334 g/mol. The molecule has 0 spiro atoms. The van der Waals surface area contributed by atoms with E-state index < -0.39 is 0 Å². The van der Waals surface area contributed by atoms with Crippen LogP contribution in [-0.4, -0.2) is 16.5 Å². The molecule has 3 nitrogen and oxygen atoms in total. The number of nitrogens with two attached hydrogens (primary N) is 1. The Balaban J connectivity index is 1.86. The predicted octanol–water partition coefficient (Wildman–Crippen LogP) is 3.98. The lowest BCUT2D eigenvalue weighted by Gasteiger charge is -2.05. The number of imidazole rings is 1. The molecule has 0 aliphatic heterocycles. The molecule has 1 heterocycles. The fraction of sp³-hybridized carbons (Fsp3) is 0.133. The molecule has 3 aromatic rings. The van der Waals surface area contributed by atoms with Gasteiger partial charge in [0.15, 0.2) is 5.16 Å². The summed E-state index contributed by atoms with van der Waals surface area (Å²) in [7, 11) is 0. The molecule has 0 unspecified atom stereocenters. The van der Waals surface area contributed by atoms with Crippen molar-refractivity contribution in [2.45, 2.75) is 16.5 Å². The van der Waals surface area contributed by atoms with Crippen molar-refractivity contribution >= 4 is 38.7 Å². The summed E-state index contributed by atoms with van der Waals surface area (Å²) in [6.45, 7) is 0.669. The molecule has 0 saturated heterocycles. The molecule has 3 rings (SSSR count). The van der Waals surface area contributed by atoms with Gasteiger partial charge < -0.3 is 10.7 Å². The second-order valence-electron chi connectivity index (χ2n) is 4.46. The Kier molecular flexibility index (Phi) is 4.10. The van der Waals surface area contributed by atoms with E-state index in [9.17, 15) is 0 Å². The van der Waals surface area contributed by atoms with Gasteiger partial charge in [0.1, 0.15) is 0 Å². The monoisotopic (exact) mass is 347 g/mol. The number of H-pyrrole nitrogens is 1. The molecule has 5 heteroatoms. The van der Waals surface area contributed by atoms with Gasteiger partial charge in [-0.25, -0.2) is 4.98 Å². The van der Waals surface area contributed by atoms with Crippen LogP contribution in [0.3, 0.4) is 0 Å². The van der Waals surface area contributed by atoms with Crippen LogP contribution in [0.1, 0.15) is 5.56 Å². The molecule has 0 aliphatic carbocycles. The van der Waals surface area contributed by atoms with Gasteiger partial charge in [0, 0.05) is 9.37 Å². The van der Waals surface area contributed by atoms with E-state index in [4.69, 9.17) is 5.73 Å². The van der Waals surface area contributed by atoms with Crippen molar-refractivity contribution in [2.75, 3.05) is 6.54 Å². The van der Waals surface area contributed by atoms with Crippen LogP contribution in [0.4, 0.5) is 0 Å². The van der Waals surface area contributed by atoms with Crippen LogP contribution in [-0.2, 0) is 6.42 Å². The normalized spacial score (nSPS) is 11.1. The highest BCUT2D eigenvalue weighted by molar-refractivity contribution is 9.10. The van der Waals surface area contributed by atoms with E-state index in [2.05, 4.69) is 44.1 Å². The number of aromatic amines is 1. The van der Waals surface area contributed by atoms with Crippen molar-refractivity contribution in [3.8, 4) is 0 Å². The maximum Gasteiger partial charge on any atom is 0.171 e. The van der Waals surface area contributed by atoms with Crippen LogP contribution in [0.25, 0.3) is 11.0 Å². The van der Waals surface area contributed by atoms with Gasteiger partial charge in [-0.3, -0.25) is 0 Å². The van der Waals surface area contributed by atoms with Crippen molar-refractivity contribution < 1.29 is 0 Å². The second kappa shape index (κ2) is 5.99. The fourth-order valence-electron chi connectivity index (χ4n) is 2.03. The molecule has 0 amide bonds. The van der Waals surface area contributed by atoms with E-state index >= 15 is 0 Å². The van der Waals surface area contributed by atoms with E-state index in [0.29, 0.717) is 6.54 Å². The van der Waals surface area contributed by atoms with Crippen molar-refractivity contribution in [1.29, 1.82) is 0 Å². The van der Waals surface area contributed by atoms with Gasteiger partial charge in [-0.15, -0.1) is 0 Å². The minimum absolute atomic E-state index is 0.669. The summed E-state index contributed by atoms with van der Waals surface area (Å²) in [5, 5.41) is 0.901. The van der Waals surface area contributed by atoms with Crippen LogP contribution in [0.5, 0.6) is 0 Å². The second-order valence-corrected chi connectivity index (χ2v) is 6.35. The zero-order chi connectivity index (χ0) is 13.9. The summed E-state index contributed by atoms with van der Waals surface area (Å²) in [4.78, 5) is 9.04. The number of nitrogens with one attached hydrogen (secondary N) is 1. The Bertz CT molecular complexity index is 706. The van der Waals surface area contributed by atoms with Crippen LogP contribution >= 0.6 is 27.7 Å². The summed E-state index contributed by atoms with van der Waals surface area (Å²) in [5.74, 6) is 0. The fourth-order valence-corrected chi connectivity index (χ4v) is 3.51. The van der Waals surface area contributed by atoms with Crippen molar-refractivity contribution in [2.24, 2.45) is 5.73 Å². The minimum atomic E-state index is 0.669. The highest BCUT2D eigenvalue weighted by Crippen LogP contribution is 2.33. The molecule has 2 aromatic carbocycles. The van der Waals surface area contributed by atoms with Gasteiger partial charge in [-0.2, -0.15) is 0 Å². The number of aromatic nitrogens is 2. The predicted molar refractivity (Wildman–Crippen MR) is 87.1 cm³/mol. The SMILES string of the molecule is NCCc1ccc(Sc2nc3ccccc3[nH]2)c(Br)c1. The topological polar surface area (TPSA) is 54.7 Å². The average molecular weight is 348 g/mol. The zero-order valence-electron chi connectivity index (χ0n) is 10.8. The number of nitrogens with zero attached hydrogens (tertiary/aromatic N) is 1. The number of benzene rings is 2. The number of rotatable bonds is 4. The number of hydrogen-bond donors (Lipinski definition) is 2. The molecule has 0 radical (unpaired) electrons. The summed E-state index contributed by atoms with van der Waals surface area (Å²) < 4.78 is 1.08. The third-order valence-corrected chi connectivity index (χ3v) is 4.88. The molecule has 3 N–H and O–H groups in total. The quantitative estimate of drug-likeness (QED) is 0.750. The first-order valence-electron chi connectivity index (χ1n) is 6.37. The van der Waals surface area contributed by atoms with E-state index in [-0.39, 0.29) is 0 Å². The maximum atomic E-state index is 5.58. The van der Waals surface area contributed by atoms with E-state index in [1.54, 1.807) is 11.8 Å². The Hall–Kier alpha value is -1.30. The lowest BCUT2D eigenvalue weighted by atomic mass is 10.2. The lowest BCUT2D eigenvalue weighted by Crippen LogP contribution is -2.02. The summed E-state index contributed by atoms with van der Waals surface area (Å²) in [6.07, 6.45) is 0.897. The van der Waals surface area contributed by atoms with E-state index in [0.717, 1.165) is 32.0 Å². The molecule has 0 saturated carbocycles. The van der Waals surface area contributed by atoms with Crippen LogP contribution in [0.2, 0.25) is 0 Å². The number of halogens is 1. The van der Waals surface area contributed by atoms with E-state index in [1.165, 1.54) is 5.56 Å². The Morgan fingerprint density at radius 3 is 2.80 bits per heavy atom. The highest BCUT2D eigenvalue weighted by Gasteiger charge is 2.07. The first-order valence-corrected chi connectivity index (χ1v) is 7.98. The third kappa shape index (κ3) is 2.90. The Labute approximate surface area is 130 Å². The molecule has 0 bridgehead atoms. The molecular formula is C15H14BrN3S. The Morgan fingerprint density at radius 1 is 1.20 bits per heavy atom. The minimum Gasteiger partial charge on any atom is -0.333 e. The summed E-state index contributed by atoms with van der Waals surface area (Å²) in [5.41, 5.74) is 8.88. The van der Waals surface area contributed by atoms with Crippen LogP contribution < -0.4 is 5.73 Å². The van der Waals surface area contributed by atoms with Gasteiger partial charge in [0.25, 0.3) is 0 Å². The van der Waals surface area contributed by atoms with Gasteiger partial charge in [-0.05, 0) is 58.7 Å². The summed E-state index contributed by atoms with van der Waals surface area (Å²) >= 11 is 5.24. The van der Waals surface area contributed by atoms with Crippen molar-refractivity contribution in [3.63, 3.8) is 0 Å². The molecule has 20 heavy (non-hydrogen) atoms. The molecule has 0 aliphatic rings. The number of hydrogen-bond acceptors (Lipinski definition) is 3. The average Bonchev–Trinajstić information content (AvgIpc) is 2.84. The standard InChI is InChI=1S/C15H14BrN3S/c16-11-9-10(7-8-17)5-6-14(11)20-15-18-12-3-1-2-4-13(12)19-15/h1-6,9H,7-8,17H2,(H,18,19). The molecule has 0 fully saturated rings.